The molecule has 0 spiro atoms. The van der Waals surface area contributed by atoms with Crippen molar-refractivity contribution in [1.29, 1.82) is 0 Å². The summed E-state index contributed by atoms with van der Waals surface area (Å²) in [7, 11) is 1.22. The van der Waals surface area contributed by atoms with E-state index in [0.29, 0.717) is 11.3 Å². The lowest BCUT2D eigenvalue weighted by molar-refractivity contribution is -0.147. The molecule has 0 bridgehead atoms. The molecule has 8 heteroatoms. The summed E-state index contributed by atoms with van der Waals surface area (Å²) in [6, 6.07) is 7.05. The lowest BCUT2D eigenvalue weighted by Crippen LogP contribution is -2.13. The number of hydrogen-bond acceptors (Lipinski definition) is 3. The third kappa shape index (κ3) is 2.47. The van der Waals surface area contributed by atoms with Gasteiger partial charge in [0.1, 0.15) is 0 Å². The van der Waals surface area contributed by atoms with Gasteiger partial charge >= 0.3 is 6.18 Å². The topological polar surface area (TPSA) is 48.5 Å². The fourth-order valence-electron chi connectivity index (χ4n) is 2.18. The predicted molar refractivity (Wildman–Crippen MR) is 73.3 cm³/mol. The Balaban J connectivity index is 2.18. The van der Waals surface area contributed by atoms with E-state index in [1.807, 2.05) is 13.0 Å². The highest BCUT2D eigenvalue weighted by atomic mass is 19.4. The summed E-state index contributed by atoms with van der Waals surface area (Å²) in [6.45, 7) is 1.89. The van der Waals surface area contributed by atoms with Crippen molar-refractivity contribution in [1.82, 2.24) is 24.5 Å². The van der Waals surface area contributed by atoms with Crippen LogP contribution in [0.1, 0.15) is 11.4 Å². The molecule has 5 nitrogen and oxygen atoms in total. The van der Waals surface area contributed by atoms with E-state index < -0.39 is 12.0 Å². The monoisotopic (exact) mass is 307 g/mol. The molecule has 0 aliphatic rings. The molecule has 0 atom stereocenters. The largest absolute Gasteiger partial charge is 0.451 e. The molecule has 2 heterocycles. The number of aryl methyl sites for hydroxylation is 2. The van der Waals surface area contributed by atoms with E-state index in [1.54, 1.807) is 35.3 Å². The van der Waals surface area contributed by atoms with E-state index in [4.69, 9.17) is 0 Å². The van der Waals surface area contributed by atoms with Crippen LogP contribution in [0.25, 0.3) is 17.1 Å². The van der Waals surface area contributed by atoms with Crippen LogP contribution in [0.15, 0.2) is 36.7 Å². The maximum atomic E-state index is 12.9. The van der Waals surface area contributed by atoms with Gasteiger partial charge in [-0.25, -0.2) is 14.3 Å². The van der Waals surface area contributed by atoms with E-state index >= 15 is 0 Å². The van der Waals surface area contributed by atoms with Crippen molar-refractivity contribution in [2.45, 2.75) is 13.1 Å². The summed E-state index contributed by atoms with van der Waals surface area (Å²) in [5.74, 6) is -1.02. The highest BCUT2D eigenvalue weighted by Crippen LogP contribution is 2.31. The fourth-order valence-corrected chi connectivity index (χ4v) is 2.18. The summed E-state index contributed by atoms with van der Waals surface area (Å²) in [5.41, 5.74) is 2.07. The van der Waals surface area contributed by atoms with Crippen molar-refractivity contribution in [2.24, 2.45) is 7.05 Å². The standard InChI is InChI=1S/C14H12F3N5/c1-9-4-5-10(11(8-9)22-7-3-6-18-22)12-19-13(14(15,16)17)21(2)20-12/h3-8H,1-2H3. The van der Waals surface area contributed by atoms with Crippen LogP contribution >= 0.6 is 0 Å². The average molecular weight is 307 g/mol. The third-order valence-corrected chi connectivity index (χ3v) is 3.16. The first-order valence-electron chi connectivity index (χ1n) is 6.45. The van der Waals surface area contributed by atoms with E-state index in [1.165, 1.54) is 7.05 Å². The van der Waals surface area contributed by atoms with Crippen LogP contribution in [0.5, 0.6) is 0 Å². The van der Waals surface area contributed by atoms with Gasteiger partial charge in [0.05, 0.1) is 5.69 Å². The van der Waals surface area contributed by atoms with E-state index in [9.17, 15) is 13.2 Å². The van der Waals surface area contributed by atoms with Crippen molar-refractivity contribution in [3.8, 4) is 17.1 Å². The van der Waals surface area contributed by atoms with Gasteiger partial charge in [-0.1, -0.05) is 6.07 Å². The van der Waals surface area contributed by atoms with Crippen LogP contribution in [0, 0.1) is 6.92 Å². The molecule has 0 amide bonds. The smallest absolute Gasteiger partial charge is 0.245 e. The molecule has 0 fully saturated rings. The molecule has 0 aliphatic carbocycles. The van der Waals surface area contributed by atoms with Crippen LogP contribution in [0.4, 0.5) is 13.2 Å². The number of hydrogen-bond donors (Lipinski definition) is 0. The summed E-state index contributed by atoms with van der Waals surface area (Å²) in [6.07, 6.45) is -1.23. The molecular formula is C14H12F3N5. The van der Waals surface area contributed by atoms with E-state index in [-0.39, 0.29) is 5.82 Å². The number of aromatic nitrogens is 5. The van der Waals surface area contributed by atoms with Gasteiger partial charge in [-0.15, -0.1) is 0 Å². The second-order valence-electron chi connectivity index (χ2n) is 4.85. The van der Waals surface area contributed by atoms with Gasteiger partial charge in [0.15, 0.2) is 5.82 Å². The molecule has 114 valence electrons. The molecule has 1 aromatic carbocycles. The quantitative estimate of drug-likeness (QED) is 0.731. The summed E-state index contributed by atoms with van der Waals surface area (Å²) in [4.78, 5) is 3.64. The highest BCUT2D eigenvalue weighted by molar-refractivity contribution is 5.67. The third-order valence-electron chi connectivity index (χ3n) is 3.16. The molecular weight excluding hydrogens is 295 g/mol. The summed E-state index contributed by atoms with van der Waals surface area (Å²) >= 11 is 0. The number of rotatable bonds is 2. The van der Waals surface area contributed by atoms with E-state index in [2.05, 4.69) is 15.2 Å². The maximum Gasteiger partial charge on any atom is 0.451 e. The SMILES string of the molecule is Cc1ccc(-c2nc(C(F)(F)F)n(C)n2)c(-n2cccn2)c1. The van der Waals surface area contributed by atoms with Crippen molar-refractivity contribution >= 4 is 0 Å². The Bertz CT molecular complexity index is 802. The normalized spacial score (nSPS) is 11.9. The zero-order valence-electron chi connectivity index (χ0n) is 11.8. The van der Waals surface area contributed by atoms with Gasteiger partial charge in [0.2, 0.25) is 5.82 Å². The molecule has 0 saturated carbocycles. The first-order valence-corrected chi connectivity index (χ1v) is 6.45. The van der Waals surface area contributed by atoms with Gasteiger partial charge in [-0.2, -0.15) is 23.4 Å². The van der Waals surface area contributed by atoms with E-state index in [0.717, 1.165) is 10.2 Å². The van der Waals surface area contributed by atoms with Gasteiger partial charge < -0.3 is 0 Å². The summed E-state index contributed by atoms with van der Waals surface area (Å²) in [5, 5.41) is 8.02. The zero-order chi connectivity index (χ0) is 15.9. The molecule has 0 N–H and O–H groups in total. The van der Waals surface area contributed by atoms with Gasteiger partial charge in [0.25, 0.3) is 0 Å². The van der Waals surface area contributed by atoms with Crippen molar-refractivity contribution in [3.05, 3.63) is 48.0 Å². The van der Waals surface area contributed by atoms with Crippen LogP contribution < -0.4 is 0 Å². The van der Waals surface area contributed by atoms with Crippen molar-refractivity contribution in [2.75, 3.05) is 0 Å². The Morgan fingerprint density at radius 1 is 1.18 bits per heavy atom. The van der Waals surface area contributed by atoms with Crippen LogP contribution in [-0.4, -0.2) is 24.5 Å². The lowest BCUT2D eigenvalue weighted by atomic mass is 10.1. The average Bonchev–Trinajstić information content (AvgIpc) is 3.06. The minimum absolute atomic E-state index is 0.0142. The number of halogens is 3. The molecule has 2 aromatic heterocycles. The second kappa shape index (κ2) is 4.97. The Kier molecular flexibility index (Phi) is 3.23. The van der Waals surface area contributed by atoms with Crippen LogP contribution in [0.3, 0.4) is 0 Å². The predicted octanol–water partition coefficient (Wildman–Crippen LogP) is 3.00. The van der Waals surface area contributed by atoms with Crippen LogP contribution in [0.2, 0.25) is 0 Å². The molecule has 3 aromatic rings. The van der Waals surface area contributed by atoms with Gasteiger partial charge in [-0.05, 0) is 30.7 Å². The van der Waals surface area contributed by atoms with Gasteiger partial charge in [-0.3, -0.25) is 0 Å². The molecule has 0 saturated heterocycles. The Labute approximate surface area is 124 Å². The Hall–Kier alpha value is -2.64. The van der Waals surface area contributed by atoms with Crippen LogP contribution in [-0.2, 0) is 13.2 Å². The Morgan fingerprint density at radius 3 is 2.55 bits per heavy atom. The first-order chi connectivity index (χ1) is 10.4. The minimum atomic E-state index is -4.55. The fraction of sp³-hybridized carbons (Fsp3) is 0.214. The number of benzene rings is 1. The maximum absolute atomic E-state index is 12.9. The Morgan fingerprint density at radius 2 is 1.95 bits per heavy atom. The first kappa shape index (κ1) is 14.3. The lowest BCUT2D eigenvalue weighted by Gasteiger charge is -2.08. The second-order valence-corrected chi connectivity index (χ2v) is 4.85. The molecule has 3 rings (SSSR count). The molecule has 22 heavy (non-hydrogen) atoms. The zero-order valence-corrected chi connectivity index (χ0v) is 11.8. The summed E-state index contributed by atoms with van der Waals surface area (Å²) < 4.78 is 40.9. The minimum Gasteiger partial charge on any atom is -0.245 e. The number of alkyl halides is 3. The van der Waals surface area contributed by atoms with Crippen molar-refractivity contribution in [3.63, 3.8) is 0 Å². The van der Waals surface area contributed by atoms with Crippen molar-refractivity contribution < 1.29 is 13.2 Å². The molecule has 0 radical (unpaired) electrons. The highest BCUT2D eigenvalue weighted by Gasteiger charge is 2.37. The molecule has 0 unspecified atom stereocenters. The van der Waals surface area contributed by atoms with Gasteiger partial charge in [0, 0.05) is 25.0 Å². The number of nitrogens with zero attached hydrogens (tertiary/aromatic N) is 5. The molecule has 0 aliphatic heterocycles.